The molecule has 7 heteroatoms. The van der Waals surface area contributed by atoms with E-state index in [4.69, 9.17) is 16.3 Å². The van der Waals surface area contributed by atoms with E-state index >= 15 is 0 Å². The molecule has 0 N–H and O–H groups in total. The first-order valence-electron chi connectivity index (χ1n) is 8.18. The molecule has 1 aromatic heterocycles. The molecule has 0 saturated carbocycles. The maximum Gasteiger partial charge on any atom is 0.195 e. The molecule has 1 fully saturated rings. The second-order valence-corrected chi connectivity index (χ2v) is 7.66. The smallest absolute Gasteiger partial charge is 0.195 e. The van der Waals surface area contributed by atoms with E-state index in [1.54, 1.807) is 11.8 Å². The lowest BCUT2D eigenvalue weighted by molar-refractivity contribution is 0.129. The van der Waals surface area contributed by atoms with E-state index in [1.807, 2.05) is 38.4 Å². The summed E-state index contributed by atoms with van der Waals surface area (Å²) in [7, 11) is 4.09. The topological polar surface area (TPSA) is 43.2 Å². The maximum absolute atomic E-state index is 6.04. The number of ether oxygens (including phenoxy) is 1. The Morgan fingerprint density at radius 3 is 2.71 bits per heavy atom. The van der Waals surface area contributed by atoms with Crippen LogP contribution in [0.1, 0.15) is 31.6 Å². The summed E-state index contributed by atoms with van der Waals surface area (Å²) < 4.78 is 7.85. The molecule has 0 aliphatic carbocycles. The van der Waals surface area contributed by atoms with Crippen molar-refractivity contribution in [1.82, 2.24) is 19.7 Å². The van der Waals surface area contributed by atoms with Gasteiger partial charge in [-0.3, -0.25) is 9.47 Å². The van der Waals surface area contributed by atoms with Gasteiger partial charge in [-0.15, -0.1) is 10.2 Å². The fourth-order valence-corrected chi connectivity index (χ4v) is 3.80. The van der Waals surface area contributed by atoms with Gasteiger partial charge >= 0.3 is 0 Å². The number of benzene rings is 1. The van der Waals surface area contributed by atoms with Gasteiger partial charge in [-0.05, 0) is 58.1 Å². The van der Waals surface area contributed by atoms with E-state index < -0.39 is 0 Å². The van der Waals surface area contributed by atoms with Gasteiger partial charge in [-0.25, -0.2) is 0 Å². The van der Waals surface area contributed by atoms with E-state index in [0.717, 1.165) is 46.9 Å². The van der Waals surface area contributed by atoms with Crippen molar-refractivity contribution in [2.75, 3.05) is 26.5 Å². The van der Waals surface area contributed by atoms with Gasteiger partial charge in [0.25, 0.3) is 0 Å². The van der Waals surface area contributed by atoms with Gasteiger partial charge in [0.1, 0.15) is 0 Å². The first kappa shape index (κ1) is 17.7. The predicted molar refractivity (Wildman–Crippen MR) is 98.2 cm³/mol. The molecule has 0 bridgehead atoms. The van der Waals surface area contributed by atoms with Crippen LogP contribution in [0.4, 0.5) is 0 Å². The zero-order valence-corrected chi connectivity index (χ0v) is 15.8. The van der Waals surface area contributed by atoms with Crippen LogP contribution in [0.3, 0.4) is 0 Å². The molecule has 1 aliphatic heterocycles. The van der Waals surface area contributed by atoms with Gasteiger partial charge in [-0.1, -0.05) is 23.4 Å². The van der Waals surface area contributed by atoms with Crippen molar-refractivity contribution >= 4 is 23.4 Å². The molecule has 5 nitrogen and oxygen atoms in total. The third-order valence-electron chi connectivity index (χ3n) is 4.31. The Kier molecular flexibility index (Phi) is 5.81. The average Bonchev–Trinajstić information content (AvgIpc) is 3.22. The van der Waals surface area contributed by atoms with Gasteiger partial charge in [0, 0.05) is 23.1 Å². The quantitative estimate of drug-likeness (QED) is 0.727. The highest BCUT2D eigenvalue weighted by Gasteiger charge is 2.23. The number of thioether (sulfide) groups is 1. The van der Waals surface area contributed by atoms with Gasteiger partial charge in [0.2, 0.25) is 0 Å². The molecule has 3 rings (SSSR count). The minimum Gasteiger partial charge on any atom is -0.377 e. The van der Waals surface area contributed by atoms with Crippen LogP contribution < -0.4 is 0 Å². The van der Waals surface area contributed by atoms with Crippen LogP contribution >= 0.6 is 23.4 Å². The van der Waals surface area contributed by atoms with Crippen LogP contribution in [0.5, 0.6) is 0 Å². The highest BCUT2D eigenvalue weighted by atomic mass is 35.5. The van der Waals surface area contributed by atoms with Crippen LogP contribution in [0.15, 0.2) is 29.4 Å². The molecule has 2 unspecified atom stereocenters. The van der Waals surface area contributed by atoms with Crippen LogP contribution in [-0.2, 0) is 4.74 Å². The average molecular weight is 367 g/mol. The molecule has 0 radical (unpaired) electrons. The highest BCUT2D eigenvalue weighted by Crippen LogP contribution is 2.29. The second kappa shape index (κ2) is 7.87. The Morgan fingerprint density at radius 2 is 2.08 bits per heavy atom. The number of halogens is 1. The SMILES string of the molecule is CC(c1nnc(SCC2CCCO2)n1-c1ccc(Cl)cc1)N(C)C. The van der Waals surface area contributed by atoms with Crippen molar-refractivity contribution in [1.29, 1.82) is 0 Å². The molecule has 2 heterocycles. The molecular weight excluding hydrogens is 344 g/mol. The zero-order valence-electron chi connectivity index (χ0n) is 14.3. The van der Waals surface area contributed by atoms with E-state index in [2.05, 4.69) is 26.6 Å². The van der Waals surface area contributed by atoms with Gasteiger partial charge < -0.3 is 4.74 Å². The first-order valence-corrected chi connectivity index (χ1v) is 9.54. The number of aromatic nitrogens is 3. The van der Waals surface area contributed by atoms with Crippen molar-refractivity contribution in [2.24, 2.45) is 0 Å². The van der Waals surface area contributed by atoms with Gasteiger partial charge in [-0.2, -0.15) is 0 Å². The number of hydrogen-bond donors (Lipinski definition) is 0. The number of hydrogen-bond acceptors (Lipinski definition) is 5. The summed E-state index contributed by atoms with van der Waals surface area (Å²) in [5.41, 5.74) is 1.03. The standard InChI is InChI=1S/C17H23ClN4OS/c1-12(21(2)3)16-19-20-17(24-11-15-5-4-10-23-15)22(16)14-8-6-13(18)7-9-14/h6-9,12,15H,4-5,10-11H2,1-3H3. The number of nitrogens with zero attached hydrogens (tertiary/aromatic N) is 4. The number of rotatable bonds is 6. The molecule has 2 aromatic rings. The molecule has 24 heavy (non-hydrogen) atoms. The minimum absolute atomic E-state index is 0.158. The summed E-state index contributed by atoms with van der Waals surface area (Å²) in [5, 5.41) is 10.5. The van der Waals surface area contributed by atoms with Crippen LogP contribution in [0, 0.1) is 0 Å². The lowest BCUT2D eigenvalue weighted by Gasteiger charge is -2.20. The Morgan fingerprint density at radius 1 is 1.33 bits per heavy atom. The second-order valence-electron chi connectivity index (χ2n) is 6.24. The van der Waals surface area contributed by atoms with Crippen LogP contribution in [0.2, 0.25) is 5.02 Å². The lowest BCUT2D eigenvalue weighted by atomic mass is 10.2. The van der Waals surface area contributed by atoms with Crippen molar-refractivity contribution in [2.45, 2.75) is 37.1 Å². The van der Waals surface area contributed by atoms with Gasteiger partial charge in [0.05, 0.1) is 12.1 Å². The fraction of sp³-hybridized carbons (Fsp3) is 0.529. The molecule has 0 amide bonds. The zero-order chi connectivity index (χ0) is 17.1. The van der Waals surface area contributed by atoms with E-state index in [9.17, 15) is 0 Å². The van der Waals surface area contributed by atoms with Crippen molar-refractivity contribution < 1.29 is 4.74 Å². The van der Waals surface area contributed by atoms with Crippen molar-refractivity contribution in [3.8, 4) is 5.69 Å². The molecule has 2 atom stereocenters. The van der Waals surface area contributed by atoms with Crippen molar-refractivity contribution in [3.05, 3.63) is 35.1 Å². The van der Waals surface area contributed by atoms with E-state index in [-0.39, 0.29) is 6.04 Å². The Balaban J connectivity index is 1.91. The van der Waals surface area contributed by atoms with Crippen LogP contribution in [-0.4, -0.2) is 52.2 Å². The fourth-order valence-electron chi connectivity index (χ4n) is 2.65. The molecule has 1 aliphatic rings. The molecule has 0 spiro atoms. The Hall–Kier alpha value is -1.08. The molecule has 1 aromatic carbocycles. The van der Waals surface area contributed by atoms with Crippen molar-refractivity contribution in [3.63, 3.8) is 0 Å². The minimum atomic E-state index is 0.158. The Bertz CT molecular complexity index is 668. The largest absolute Gasteiger partial charge is 0.377 e. The lowest BCUT2D eigenvalue weighted by Crippen LogP contribution is -2.20. The molecular formula is C17H23ClN4OS. The summed E-state index contributed by atoms with van der Waals surface area (Å²) in [5.74, 6) is 1.83. The summed E-state index contributed by atoms with van der Waals surface area (Å²) in [6.07, 6.45) is 2.60. The van der Waals surface area contributed by atoms with Crippen LogP contribution in [0.25, 0.3) is 5.69 Å². The van der Waals surface area contributed by atoms with Gasteiger partial charge in [0.15, 0.2) is 11.0 Å². The third kappa shape index (κ3) is 3.94. The summed E-state index contributed by atoms with van der Waals surface area (Å²) in [6.45, 7) is 3.00. The molecule has 130 valence electrons. The normalized spacial score (nSPS) is 19.1. The first-order chi connectivity index (χ1) is 11.6. The maximum atomic E-state index is 6.04. The molecule has 1 saturated heterocycles. The monoisotopic (exact) mass is 366 g/mol. The van der Waals surface area contributed by atoms with E-state index in [1.165, 1.54) is 0 Å². The highest BCUT2D eigenvalue weighted by molar-refractivity contribution is 7.99. The predicted octanol–water partition coefficient (Wildman–Crippen LogP) is 3.81. The Labute approximate surface area is 152 Å². The summed E-state index contributed by atoms with van der Waals surface area (Å²) in [6, 6.07) is 7.97. The van der Waals surface area contributed by atoms with E-state index in [0.29, 0.717) is 6.10 Å². The summed E-state index contributed by atoms with van der Waals surface area (Å²) >= 11 is 7.75. The third-order valence-corrected chi connectivity index (χ3v) is 5.63. The summed E-state index contributed by atoms with van der Waals surface area (Å²) in [4.78, 5) is 2.13.